The molecule has 0 saturated carbocycles. The monoisotopic (exact) mass is 418 g/mol. The highest BCUT2D eigenvalue weighted by atomic mass is 35.5. The third-order valence-corrected chi connectivity index (χ3v) is 5.72. The van der Waals surface area contributed by atoms with Gasteiger partial charge in [0.15, 0.2) is 0 Å². The van der Waals surface area contributed by atoms with Crippen LogP contribution in [0.15, 0.2) is 90.0 Å². The third kappa shape index (κ3) is 3.96. The highest BCUT2D eigenvalue weighted by Crippen LogP contribution is 2.39. The molecule has 3 aromatic rings. The van der Waals surface area contributed by atoms with Crippen LogP contribution in [-0.2, 0) is 4.74 Å². The molecule has 0 fully saturated rings. The molecular weight excluding hydrogens is 396 g/mol. The van der Waals surface area contributed by atoms with E-state index in [1.165, 1.54) is 0 Å². The van der Waals surface area contributed by atoms with Gasteiger partial charge in [0.05, 0.1) is 23.0 Å². The van der Waals surface area contributed by atoms with E-state index in [2.05, 4.69) is 13.8 Å². The van der Waals surface area contributed by atoms with E-state index in [1.807, 2.05) is 77.8 Å². The van der Waals surface area contributed by atoms with Crippen molar-refractivity contribution in [2.75, 3.05) is 11.6 Å². The minimum absolute atomic E-state index is 0.154. The van der Waals surface area contributed by atoms with Gasteiger partial charge >= 0.3 is 5.97 Å². The Labute approximate surface area is 181 Å². The molecule has 0 spiro atoms. The van der Waals surface area contributed by atoms with Crippen molar-refractivity contribution in [3.63, 3.8) is 0 Å². The van der Waals surface area contributed by atoms with Crippen LogP contribution in [0, 0.1) is 5.41 Å². The minimum Gasteiger partial charge on any atom is -0.460 e. The van der Waals surface area contributed by atoms with Crippen LogP contribution in [0.5, 0.6) is 0 Å². The van der Waals surface area contributed by atoms with Gasteiger partial charge in [0.1, 0.15) is 6.61 Å². The Morgan fingerprint density at radius 1 is 0.967 bits per heavy atom. The van der Waals surface area contributed by atoms with E-state index in [9.17, 15) is 4.79 Å². The zero-order valence-corrected chi connectivity index (χ0v) is 17.7. The van der Waals surface area contributed by atoms with E-state index in [4.69, 9.17) is 21.4 Å². The van der Waals surface area contributed by atoms with E-state index in [-0.39, 0.29) is 24.0 Å². The molecule has 0 aromatic heterocycles. The second kappa shape index (κ2) is 8.33. The Morgan fingerprint density at radius 3 is 2.20 bits per heavy atom. The Hall–Kier alpha value is -3.11. The van der Waals surface area contributed by atoms with Gasteiger partial charge in [0.25, 0.3) is 0 Å². The molecule has 4 rings (SSSR count). The zero-order chi connectivity index (χ0) is 21.1. The fourth-order valence-corrected chi connectivity index (χ4v) is 3.84. The molecule has 1 heterocycles. The van der Waals surface area contributed by atoms with Crippen LogP contribution in [-0.4, -0.2) is 24.3 Å². The number of benzene rings is 3. The quantitative estimate of drug-likeness (QED) is 0.490. The first-order valence-corrected chi connectivity index (χ1v) is 10.3. The van der Waals surface area contributed by atoms with Crippen LogP contribution in [0.4, 0.5) is 5.69 Å². The Bertz CT molecular complexity index is 1050. The smallest absolute Gasteiger partial charge is 0.338 e. The second-order valence-corrected chi connectivity index (χ2v) is 8.27. The van der Waals surface area contributed by atoms with E-state index in [0.717, 1.165) is 17.0 Å². The second-order valence-electron chi connectivity index (χ2n) is 7.84. The highest BCUT2D eigenvalue weighted by molar-refractivity contribution is 6.30. The lowest BCUT2D eigenvalue weighted by Gasteiger charge is -2.32. The van der Waals surface area contributed by atoms with Gasteiger partial charge in [-0.15, -0.1) is 0 Å². The van der Waals surface area contributed by atoms with Crippen LogP contribution >= 0.6 is 11.6 Å². The van der Waals surface area contributed by atoms with Crippen LogP contribution in [0.3, 0.4) is 0 Å². The summed E-state index contributed by atoms with van der Waals surface area (Å²) in [7, 11) is 0. The maximum Gasteiger partial charge on any atom is 0.338 e. The number of rotatable bonds is 5. The molecule has 1 unspecified atom stereocenters. The number of para-hydroxylation sites is 1. The number of carbonyl (C=O) groups is 1. The average Bonchev–Trinajstić information content (AvgIpc) is 3.04. The molecule has 0 amide bonds. The van der Waals surface area contributed by atoms with E-state index < -0.39 is 0 Å². The molecule has 0 radical (unpaired) electrons. The molecule has 0 aliphatic carbocycles. The van der Waals surface area contributed by atoms with Crippen molar-refractivity contribution in [3.8, 4) is 0 Å². The van der Waals surface area contributed by atoms with Gasteiger partial charge in [0.2, 0.25) is 0 Å². The molecule has 1 aliphatic rings. The van der Waals surface area contributed by atoms with Crippen LogP contribution < -0.4 is 5.01 Å². The molecule has 0 bridgehead atoms. The van der Waals surface area contributed by atoms with Gasteiger partial charge in [-0.25, -0.2) is 4.79 Å². The lowest BCUT2D eigenvalue weighted by Crippen LogP contribution is -2.44. The number of hydrogen-bond donors (Lipinski definition) is 0. The lowest BCUT2D eigenvalue weighted by atomic mass is 9.78. The minimum atomic E-state index is -0.360. The molecule has 4 nitrogen and oxygen atoms in total. The number of hydrazone groups is 1. The maximum atomic E-state index is 12.6. The standard InChI is InChI=1S/C25H23ClN2O2/c1-25(2)22(17-30-24(29)19-9-5-3-6-10-19)28(21-11-7-4-8-12-21)27-23(25)18-13-15-20(26)16-14-18/h3-16,22H,17H2,1-2H3. The SMILES string of the molecule is CC1(C)C(c2ccc(Cl)cc2)=NN(c2ccccc2)C1COC(=O)c1ccccc1. The Kier molecular flexibility index (Phi) is 5.60. The first-order valence-electron chi connectivity index (χ1n) is 9.88. The van der Waals surface area contributed by atoms with Gasteiger partial charge in [0, 0.05) is 10.4 Å². The average molecular weight is 419 g/mol. The van der Waals surface area contributed by atoms with Crippen molar-refractivity contribution < 1.29 is 9.53 Å². The number of anilines is 1. The summed E-state index contributed by atoms with van der Waals surface area (Å²) in [5.74, 6) is -0.334. The molecule has 0 N–H and O–H groups in total. The van der Waals surface area contributed by atoms with Crippen molar-refractivity contribution >= 4 is 29.0 Å². The summed E-state index contributed by atoms with van der Waals surface area (Å²) in [6.45, 7) is 4.48. The number of nitrogens with zero attached hydrogens (tertiary/aromatic N) is 2. The van der Waals surface area contributed by atoms with Crippen molar-refractivity contribution in [2.45, 2.75) is 19.9 Å². The van der Waals surface area contributed by atoms with Crippen LogP contribution in [0.2, 0.25) is 5.02 Å². The van der Waals surface area contributed by atoms with E-state index >= 15 is 0 Å². The first kappa shape index (κ1) is 20.2. The van der Waals surface area contributed by atoms with Gasteiger partial charge in [-0.2, -0.15) is 5.10 Å². The number of ether oxygens (including phenoxy) is 1. The molecule has 30 heavy (non-hydrogen) atoms. The molecule has 1 aliphatic heterocycles. The summed E-state index contributed by atoms with van der Waals surface area (Å²) in [6, 6.07) is 26.5. The van der Waals surface area contributed by atoms with Crippen LogP contribution in [0.1, 0.15) is 29.8 Å². The number of halogens is 1. The first-order chi connectivity index (χ1) is 14.5. The Balaban J connectivity index is 1.65. The summed E-state index contributed by atoms with van der Waals surface area (Å²) < 4.78 is 5.73. The van der Waals surface area contributed by atoms with Crippen molar-refractivity contribution in [1.29, 1.82) is 0 Å². The van der Waals surface area contributed by atoms with Crippen molar-refractivity contribution in [3.05, 3.63) is 101 Å². The Morgan fingerprint density at radius 2 is 1.57 bits per heavy atom. The third-order valence-electron chi connectivity index (χ3n) is 5.47. The predicted octanol–water partition coefficient (Wildman–Crippen LogP) is 5.82. The van der Waals surface area contributed by atoms with Crippen molar-refractivity contribution in [2.24, 2.45) is 10.5 Å². The number of carbonyl (C=O) groups excluding carboxylic acids is 1. The van der Waals surface area contributed by atoms with Crippen LogP contribution in [0.25, 0.3) is 0 Å². The molecule has 3 aromatic carbocycles. The molecule has 152 valence electrons. The predicted molar refractivity (Wildman–Crippen MR) is 121 cm³/mol. The van der Waals surface area contributed by atoms with Gasteiger partial charge in [-0.3, -0.25) is 5.01 Å². The summed E-state index contributed by atoms with van der Waals surface area (Å²) in [5, 5.41) is 7.60. The fourth-order valence-electron chi connectivity index (χ4n) is 3.72. The number of hydrogen-bond acceptors (Lipinski definition) is 4. The molecule has 0 saturated heterocycles. The number of esters is 1. The lowest BCUT2D eigenvalue weighted by molar-refractivity contribution is 0.0450. The van der Waals surface area contributed by atoms with Gasteiger partial charge in [-0.1, -0.05) is 74.0 Å². The fraction of sp³-hybridized carbons (Fsp3) is 0.200. The summed E-state index contributed by atoms with van der Waals surface area (Å²) in [5.41, 5.74) is 3.07. The molecule has 1 atom stereocenters. The largest absolute Gasteiger partial charge is 0.460 e. The highest BCUT2D eigenvalue weighted by Gasteiger charge is 2.46. The maximum absolute atomic E-state index is 12.6. The summed E-state index contributed by atoms with van der Waals surface area (Å²) in [4.78, 5) is 12.6. The molecule has 5 heteroatoms. The summed E-state index contributed by atoms with van der Waals surface area (Å²) >= 11 is 6.08. The zero-order valence-electron chi connectivity index (χ0n) is 17.0. The normalized spacial score (nSPS) is 17.5. The van der Waals surface area contributed by atoms with Gasteiger partial charge in [-0.05, 0) is 42.0 Å². The van der Waals surface area contributed by atoms with Gasteiger partial charge < -0.3 is 4.74 Å². The van der Waals surface area contributed by atoms with E-state index in [0.29, 0.717) is 10.6 Å². The summed E-state index contributed by atoms with van der Waals surface area (Å²) in [6.07, 6.45) is 0. The topological polar surface area (TPSA) is 41.9 Å². The molecular formula is C25H23ClN2O2. The van der Waals surface area contributed by atoms with Crippen molar-refractivity contribution in [1.82, 2.24) is 0 Å². The van der Waals surface area contributed by atoms with E-state index in [1.54, 1.807) is 12.1 Å².